The van der Waals surface area contributed by atoms with Crippen molar-refractivity contribution >= 4 is 16.8 Å². The first-order valence-corrected chi connectivity index (χ1v) is 5.47. The quantitative estimate of drug-likeness (QED) is 0.660. The first-order chi connectivity index (χ1) is 7.31. The van der Waals surface area contributed by atoms with Gasteiger partial charge < -0.3 is 0 Å². The molecule has 0 aromatic heterocycles. The summed E-state index contributed by atoms with van der Waals surface area (Å²) in [5, 5.41) is 2.64. The fourth-order valence-corrected chi connectivity index (χ4v) is 1.80. The molecular weight excluding hydrogens is 180 g/mol. The van der Waals surface area contributed by atoms with Crippen LogP contribution in [0.1, 0.15) is 24.5 Å². The largest absolute Gasteiger partial charge is 0.0842 e. The monoisotopic (exact) mass is 196 g/mol. The molecule has 76 valence electrons. The van der Waals surface area contributed by atoms with E-state index in [4.69, 9.17) is 0 Å². The Balaban J connectivity index is 2.57. The predicted octanol–water partition coefficient (Wildman–Crippen LogP) is 4.57. The molecule has 0 spiro atoms. The number of hydrogen-bond acceptors (Lipinski definition) is 0. The fraction of sp³-hybridized carbons (Fsp3) is 0.200. The van der Waals surface area contributed by atoms with E-state index in [1.165, 1.54) is 21.9 Å². The third kappa shape index (κ3) is 2.10. The lowest BCUT2D eigenvalue weighted by Crippen LogP contribution is -1.81. The van der Waals surface area contributed by atoms with Gasteiger partial charge in [0.05, 0.1) is 0 Å². The average Bonchev–Trinajstić information content (AvgIpc) is 2.26. The van der Waals surface area contributed by atoms with Gasteiger partial charge in [-0.05, 0) is 41.3 Å². The minimum atomic E-state index is 1.09. The second kappa shape index (κ2) is 4.31. The molecule has 0 N–H and O–H groups in total. The first-order valence-electron chi connectivity index (χ1n) is 5.47. The van der Waals surface area contributed by atoms with Crippen molar-refractivity contribution in [3.05, 3.63) is 53.6 Å². The highest BCUT2D eigenvalue weighted by atomic mass is 14.0. The molecule has 2 aromatic rings. The molecule has 0 aliphatic rings. The number of hydrogen-bond donors (Lipinski definition) is 0. The van der Waals surface area contributed by atoms with Crippen LogP contribution in [0.2, 0.25) is 0 Å². The average molecular weight is 196 g/mol. The minimum Gasteiger partial charge on any atom is -0.0842 e. The Hall–Kier alpha value is -1.56. The molecule has 0 amide bonds. The van der Waals surface area contributed by atoms with Gasteiger partial charge in [-0.15, -0.1) is 0 Å². The molecule has 0 bridgehead atoms. The molecule has 0 heteroatoms. The molecule has 2 aromatic carbocycles. The van der Waals surface area contributed by atoms with Gasteiger partial charge in [0.1, 0.15) is 0 Å². The van der Waals surface area contributed by atoms with E-state index >= 15 is 0 Å². The van der Waals surface area contributed by atoms with Crippen LogP contribution >= 0.6 is 0 Å². The molecule has 0 saturated heterocycles. The van der Waals surface area contributed by atoms with E-state index in [-0.39, 0.29) is 0 Å². The lowest BCUT2D eigenvalue weighted by Gasteiger charge is -2.04. The Morgan fingerprint density at radius 1 is 1.07 bits per heavy atom. The summed E-state index contributed by atoms with van der Waals surface area (Å²) in [4.78, 5) is 0. The molecule has 2 rings (SSSR count). The van der Waals surface area contributed by atoms with Gasteiger partial charge in [0.25, 0.3) is 0 Å². The molecule has 0 aliphatic carbocycles. The summed E-state index contributed by atoms with van der Waals surface area (Å²) < 4.78 is 0. The maximum Gasteiger partial charge on any atom is -0.0178 e. The van der Waals surface area contributed by atoms with Crippen molar-refractivity contribution in [2.45, 2.75) is 20.3 Å². The topological polar surface area (TPSA) is 0 Å². The molecule has 0 aliphatic heterocycles. The van der Waals surface area contributed by atoms with Crippen LogP contribution < -0.4 is 0 Å². The highest BCUT2D eigenvalue weighted by molar-refractivity contribution is 5.85. The minimum absolute atomic E-state index is 1.09. The van der Waals surface area contributed by atoms with Crippen molar-refractivity contribution in [3.8, 4) is 0 Å². The molecule has 0 atom stereocenters. The van der Waals surface area contributed by atoms with Gasteiger partial charge >= 0.3 is 0 Å². The van der Waals surface area contributed by atoms with Gasteiger partial charge in [-0.1, -0.05) is 49.4 Å². The molecule has 0 heterocycles. The zero-order chi connectivity index (χ0) is 10.7. The van der Waals surface area contributed by atoms with Crippen LogP contribution in [0.4, 0.5) is 0 Å². The van der Waals surface area contributed by atoms with Crippen LogP contribution in [0.5, 0.6) is 0 Å². The van der Waals surface area contributed by atoms with Gasteiger partial charge in [-0.25, -0.2) is 0 Å². The Kier molecular flexibility index (Phi) is 2.86. The van der Waals surface area contributed by atoms with E-state index in [9.17, 15) is 0 Å². The van der Waals surface area contributed by atoms with Gasteiger partial charge in [0.15, 0.2) is 0 Å². The summed E-state index contributed by atoms with van der Waals surface area (Å²) in [7, 11) is 0. The van der Waals surface area contributed by atoms with Crippen molar-refractivity contribution in [1.29, 1.82) is 0 Å². The van der Waals surface area contributed by atoms with E-state index < -0.39 is 0 Å². The van der Waals surface area contributed by atoms with Crippen molar-refractivity contribution in [2.75, 3.05) is 0 Å². The summed E-state index contributed by atoms with van der Waals surface area (Å²) in [6, 6.07) is 13.0. The Morgan fingerprint density at radius 2 is 1.73 bits per heavy atom. The summed E-state index contributed by atoms with van der Waals surface area (Å²) in [5.74, 6) is 0. The number of rotatable bonds is 2. The van der Waals surface area contributed by atoms with Crippen LogP contribution in [0.15, 0.2) is 42.5 Å². The fourth-order valence-electron chi connectivity index (χ4n) is 1.80. The SMILES string of the molecule is CC/C=C\c1cc2ccccc2cc1C. The molecule has 0 unspecified atom stereocenters. The summed E-state index contributed by atoms with van der Waals surface area (Å²) in [6.45, 7) is 4.33. The Bertz CT molecular complexity index is 492. The molecule has 0 saturated carbocycles. The van der Waals surface area contributed by atoms with Crippen LogP contribution in [0, 0.1) is 6.92 Å². The van der Waals surface area contributed by atoms with Crippen LogP contribution in [-0.2, 0) is 0 Å². The van der Waals surface area contributed by atoms with Gasteiger partial charge in [-0.3, -0.25) is 0 Å². The lowest BCUT2D eigenvalue weighted by molar-refractivity contribution is 1.23. The van der Waals surface area contributed by atoms with Crippen molar-refractivity contribution in [3.63, 3.8) is 0 Å². The van der Waals surface area contributed by atoms with Gasteiger partial charge in [0.2, 0.25) is 0 Å². The van der Waals surface area contributed by atoms with E-state index in [1.807, 2.05) is 0 Å². The lowest BCUT2D eigenvalue weighted by atomic mass is 10.0. The van der Waals surface area contributed by atoms with E-state index in [2.05, 4.69) is 62.4 Å². The number of fused-ring (bicyclic) bond motifs is 1. The third-order valence-corrected chi connectivity index (χ3v) is 2.67. The highest BCUT2D eigenvalue weighted by Crippen LogP contribution is 2.20. The first kappa shape index (κ1) is 9.97. The molecular formula is C15H16. The normalized spacial score (nSPS) is 11.3. The maximum absolute atomic E-state index is 2.26. The zero-order valence-electron chi connectivity index (χ0n) is 9.33. The Morgan fingerprint density at radius 3 is 2.40 bits per heavy atom. The molecule has 0 fully saturated rings. The van der Waals surface area contributed by atoms with E-state index in [0.29, 0.717) is 0 Å². The summed E-state index contributed by atoms with van der Waals surface area (Å²) >= 11 is 0. The van der Waals surface area contributed by atoms with Crippen LogP contribution in [0.25, 0.3) is 16.8 Å². The third-order valence-electron chi connectivity index (χ3n) is 2.67. The predicted molar refractivity (Wildman–Crippen MR) is 68.0 cm³/mol. The number of benzene rings is 2. The van der Waals surface area contributed by atoms with Gasteiger partial charge in [-0.2, -0.15) is 0 Å². The molecule has 15 heavy (non-hydrogen) atoms. The van der Waals surface area contributed by atoms with Crippen molar-refractivity contribution in [2.24, 2.45) is 0 Å². The maximum atomic E-state index is 2.26. The van der Waals surface area contributed by atoms with E-state index in [0.717, 1.165) is 6.42 Å². The van der Waals surface area contributed by atoms with Crippen molar-refractivity contribution in [1.82, 2.24) is 0 Å². The van der Waals surface area contributed by atoms with Crippen molar-refractivity contribution < 1.29 is 0 Å². The summed E-state index contributed by atoms with van der Waals surface area (Å²) in [5.41, 5.74) is 2.67. The Labute approximate surface area is 91.2 Å². The van der Waals surface area contributed by atoms with E-state index in [1.54, 1.807) is 0 Å². The molecule has 0 nitrogen and oxygen atoms in total. The highest BCUT2D eigenvalue weighted by Gasteiger charge is 1.97. The second-order valence-corrected chi connectivity index (χ2v) is 3.87. The van der Waals surface area contributed by atoms with Crippen LogP contribution in [-0.4, -0.2) is 0 Å². The smallest absolute Gasteiger partial charge is 0.0178 e. The standard InChI is InChI=1S/C15H16/c1-3-4-7-13-11-15-9-6-5-8-14(15)10-12(13)2/h4-11H,3H2,1-2H3/b7-4-. The molecule has 0 radical (unpaired) electrons. The van der Waals surface area contributed by atoms with Crippen LogP contribution in [0.3, 0.4) is 0 Å². The second-order valence-electron chi connectivity index (χ2n) is 3.87. The van der Waals surface area contributed by atoms with Gasteiger partial charge in [0, 0.05) is 0 Å². The number of allylic oxidation sites excluding steroid dienone is 1. The number of aryl methyl sites for hydroxylation is 1. The zero-order valence-corrected chi connectivity index (χ0v) is 9.33. The summed E-state index contributed by atoms with van der Waals surface area (Å²) in [6.07, 6.45) is 5.51.